The van der Waals surface area contributed by atoms with Gasteiger partial charge in [0.2, 0.25) is 5.91 Å². The van der Waals surface area contributed by atoms with Crippen molar-refractivity contribution in [2.24, 2.45) is 0 Å². The van der Waals surface area contributed by atoms with Gasteiger partial charge in [-0.05, 0) is 34.9 Å². The number of carbonyl (C=O) groups is 3. The van der Waals surface area contributed by atoms with E-state index in [0.717, 1.165) is 29.8 Å². The summed E-state index contributed by atoms with van der Waals surface area (Å²) in [6.45, 7) is 3.06. The zero-order valence-corrected chi connectivity index (χ0v) is 25.0. The third-order valence-electron chi connectivity index (χ3n) is 7.64. The van der Waals surface area contributed by atoms with Crippen molar-refractivity contribution in [2.75, 3.05) is 65.0 Å². The fraction of sp³-hybridized carbons (Fsp3) is 0.323. The van der Waals surface area contributed by atoms with E-state index in [1.807, 2.05) is 36.4 Å². The lowest BCUT2D eigenvalue weighted by Crippen LogP contribution is -2.48. The Balaban J connectivity index is 1.38. The number of hydrogen-bond donors (Lipinski definition) is 1. The van der Waals surface area contributed by atoms with Crippen molar-refractivity contribution >= 4 is 46.6 Å². The molecule has 2 aliphatic rings. The summed E-state index contributed by atoms with van der Waals surface area (Å²) in [6.07, 6.45) is 0. The maximum Gasteiger partial charge on any atom is 0.265 e. The Hall–Kier alpha value is -3.63. The van der Waals surface area contributed by atoms with Crippen LogP contribution in [-0.4, -0.2) is 87.6 Å². The fourth-order valence-electron chi connectivity index (χ4n) is 5.13. The molecule has 42 heavy (non-hydrogen) atoms. The van der Waals surface area contributed by atoms with Crippen LogP contribution in [0.5, 0.6) is 5.75 Å². The number of carbonyl (C=O) groups excluding carboxylic acids is 3. The van der Waals surface area contributed by atoms with Crippen molar-refractivity contribution in [2.45, 2.75) is 6.04 Å². The van der Waals surface area contributed by atoms with Gasteiger partial charge in [0.05, 0.1) is 35.0 Å². The maximum absolute atomic E-state index is 13.7. The minimum atomic E-state index is -0.334. The van der Waals surface area contributed by atoms with Gasteiger partial charge in [-0.3, -0.25) is 24.2 Å². The lowest BCUT2D eigenvalue weighted by Gasteiger charge is -2.37. The summed E-state index contributed by atoms with van der Waals surface area (Å²) in [5.41, 5.74) is 3.94. The first kappa shape index (κ1) is 29.8. The van der Waals surface area contributed by atoms with Gasteiger partial charge in [0.15, 0.2) is 6.61 Å². The first-order valence-electron chi connectivity index (χ1n) is 13.7. The van der Waals surface area contributed by atoms with Gasteiger partial charge in [-0.1, -0.05) is 59.6 Å². The van der Waals surface area contributed by atoms with E-state index in [-0.39, 0.29) is 41.9 Å². The van der Waals surface area contributed by atoms with Crippen molar-refractivity contribution in [1.29, 1.82) is 0 Å². The quantitative estimate of drug-likeness (QED) is 0.409. The van der Waals surface area contributed by atoms with Crippen LogP contribution in [0.1, 0.15) is 22.0 Å². The summed E-state index contributed by atoms with van der Waals surface area (Å²) in [7, 11) is 3.37. The Morgan fingerprint density at radius 1 is 0.976 bits per heavy atom. The molecule has 3 aromatic rings. The highest BCUT2D eigenvalue weighted by molar-refractivity contribution is 6.42. The summed E-state index contributed by atoms with van der Waals surface area (Å²) < 4.78 is 11.1. The summed E-state index contributed by atoms with van der Waals surface area (Å²) in [5, 5.41) is 3.21. The Morgan fingerprint density at radius 2 is 1.60 bits per heavy atom. The van der Waals surface area contributed by atoms with Crippen molar-refractivity contribution in [3.05, 3.63) is 81.8 Å². The smallest absolute Gasteiger partial charge is 0.265 e. The van der Waals surface area contributed by atoms with E-state index >= 15 is 0 Å². The average Bonchev–Trinajstić information content (AvgIpc) is 3.02. The van der Waals surface area contributed by atoms with Gasteiger partial charge in [0, 0.05) is 45.4 Å². The van der Waals surface area contributed by atoms with E-state index < -0.39 is 0 Å². The first-order chi connectivity index (χ1) is 20.2. The fourth-order valence-corrected chi connectivity index (χ4v) is 5.44. The van der Waals surface area contributed by atoms with Crippen molar-refractivity contribution < 1.29 is 23.9 Å². The molecule has 11 heteroatoms. The monoisotopic (exact) mass is 610 g/mol. The predicted molar refractivity (Wildman–Crippen MR) is 162 cm³/mol. The molecule has 0 radical (unpaired) electrons. The highest BCUT2D eigenvalue weighted by atomic mass is 35.5. The topological polar surface area (TPSA) is 91.4 Å². The van der Waals surface area contributed by atoms with E-state index in [1.54, 1.807) is 43.3 Å². The zero-order valence-electron chi connectivity index (χ0n) is 23.4. The number of morpholine rings is 1. The number of halogens is 2. The maximum atomic E-state index is 13.7. The second-order valence-electron chi connectivity index (χ2n) is 10.2. The Morgan fingerprint density at radius 3 is 2.24 bits per heavy atom. The molecule has 1 saturated heterocycles. The summed E-state index contributed by atoms with van der Waals surface area (Å²) in [6, 6.07) is 18.3. The van der Waals surface area contributed by atoms with Crippen LogP contribution in [0.15, 0.2) is 60.7 Å². The van der Waals surface area contributed by atoms with Gasteiger partial charge in [-0.15, -0.1) is 0 Å². The van der Waals surface area contributed by atoms with Gasteiger partial charge in [0.1, 0.15) is 12.3 Å². The van der Waals surface area contributed by atoms with Crippen LogP contribution < -0.4 is 15.0 Å². The Kier molecular flexibility index (Phi) is 9.33. The Bertz CT molecular complexity index is 1460. The number of likely N-dealkylation sites (N-methyl/N-ethyl adjacent to an activating group) is 1. The van der Waals surface area contributed by atoms with Crippen molar-refractivity contribution in [3.63, 3.8) is 0 Å². The molecule has 1 N–H and O–H groups in total. The molecule has 1 unspecified atom stereocenters. The van der Waals surface area contributed by atoms with Gasteiger partial charge in [-0.2, -0.15) is 0 Å². The lowest BCUT2D eigenvalue weighted by molar-refractivity contribution is -0.133. The number of nitrogens with zero attached hydrogens (tertiary/aromatic N) is 3. The van der Waals surface area contributed by atoms with Gasteiger partial charge in [0.25, 0.3) is 11.8 Å². The largest absolute Gasteiger partial charge is 0.482 e. The predicted octanol–water partition coefficient (Wildman–Crippen LogP) is 4.28. The molecule has 0 aromatic heterocycles. The van der Waals surface area contributed by atoms with Crippen LogP contribution in [0, 0.1) is 0 Å². The van der Waals surface area contributed by atoms with Crippen LogP contribution in [-0.2, 0) is 14.3 Å². The molecule has 9 nitrogen and oxygen atoms in total. The van der Waals surface area contributed by atoms with Crippen LogP contribution in [0.4, 0.5) is 5.69 Å². The summed E-state index contributed by atoms with van der Waals surface area (Å²) in [5.74, 6) is -0.290. The van der Waals surface area contributed by atoms with E-state index in [2.05, 4.69) is 10.2 Å². The molecule has 1 atom stereocenters. The summed E-state index contributed by atoms with van der Waals surface area (Å²) in [4.78, 5) is 43.8. The molecular formula is C31H32Cl2N4O5. The molecule has 2 heterocycles. The summed E-state index contributed by atoms with van der Waals surface area (Å²) >= 11 is 12.4. The molecule has 0 spiro atoms. The van der Waals surface area contributed by atoms with Crippen LogP contribution in [0.3, 0.4) is 0 Å². The number of anilines is 1. The molecule has 220 valence electrons. The third kappa shape index (κ3) is 6.55. The zero-order chi connectivity index (χ0) is 29.8. The van der Waals surface area contributed by atoms with E-state index in [1.165, 1.54) is 4.90 Å². The van der Waals surface area contributed by atoms with Crippen molar-refractivity contribution in [1.82, 2.24) is 15.1 Å². The lowest BCUT2D eigenvalue weighted by atomic mass is 9.98. The standard InChI is InChI=1S/C31H32Cl2N4O5/c1-34-31(40)23-9-5-21(6-10-23)20-3-7-22(8-4-20)27(17-36-11-13-41-14-12-36)35(2)29(38)18-37-26-15-24(32)25(33)16-28(26)42-19-30(37)39/h3-10,15-16,27H,11-14,17-19H2,1-2H3,(H,34,40). The second-order valence-corrected chi connectivity index (χ2v) is 11.0. The molecule has 3 amide bonds. The van der Waals surface area contributed by atoms with E-state index in [4.69, 9.17) is 32.7 Å². The Labute approximate surface area is 254 Å². The van der Waals surface area contributed by atoms with E-state index in [0.29, 0.717) is 41.8 Å². The second kappa shape index (κ2) is 13.1. The number of rotatable bonds is 8. The minimum absolute atomic E-state index is 0.135. The third-order valence-corrected chi connectivity index (χ3v) is 8.36. The van der Waals surface area contributed by atoms with Crippen LogP contribution in [0.2, 0.25) is 10.0 Å². The number of fused-ring (bicyclic) bond motifs is 1. The highest BCUT2D eigenvalue weighted by Gasteiger charge is 2.32. The molecule has 2 aliphatic heterocycles. The molecule has 5 rings (SSSR count). The van der Waals surface area contributed by atoms with Crippen LogP contribution in [0.25, 0.3) is 11.1 Å². The van der Waals surface area contributed by atoms with Gasteiger partial charge in [-0.25, -0.2) is 0 Å². The number of ether oxygens (including phenoxy) is 2. The molecule has 0 saturated carbocycles. The first-order valence-corrected chi connectivity index (χ1v) is 14.4. The SMILES string of the molecule is CNC(=O)c1ccc(-c2ccc(C(CN3CCOCC3)N(C)C(=O)CN3C(=O)COc4cc(Cl)c(Cl)cc43)cc2)cc1. The van der Waals surface area contributed by atoms with Gasteiger partial charge >= 0.3 is 0 Å². The molecule has 0 aliphatic carbocycles. The van der Waals surface area contributed by atoms with Crippen molar-refractivity contribution in [3.8, 4) is 16.9 Å². The number of nitrogens with one attached hydrogen (secondary N) is 1. The van der Waals surface area contributed by atoms with E-state index in [9.17, 15) is 14.4 Å². The minimum Gasteiger partial charge on any atom is -0.482 e. The number of amides is 3. The van der Waals surface area contributed by atoms with Crippen LogP contribution >= 0.6 is 23.2 Å². The molecule has 3 aromatic carbocycles. The average molecular weight is 612 g/mol. The molecular weight excluding hydrogens is 579 g/mol. The normalized spacial score (nSPS) is 15.9. The number of hydrogen-bond acceptors (Lipinski definition) is 6. The number of benzene rings is 3. The highest BCUT2D eigenvalue weighted by Crippen LogP contribution is 2.39. The molecule has 1 fully saturated rings. The molecule has 0 bridgehead atoms. The van der Waals surface area contributed by atoms with Gasteiger partial charge < -0.3 is 19.7 Å².